The van der Waals surface area contributed by atoms with Gasteiger partial charge in [0, 0.05) is 6.04 Å². The molecule has 2 amide bonds. The average molecular weight is 480 g/mol. The summed E-state index contributed by atoms with van der Waals surface area (Å²) in [6, 6.07) is 9.26. The highest BCUT2D eigenvalue weighted by Gasteiger charge is 2.37. The third kappa shape index (κ3) is 8.57. The molecule has 33 heavy (non-hydrogen) atoms. The van der Waals surface area contributed by atoms with Crippen molar-refractivity contribution in [3.05, 3.63) is 42.0 Å². The van der Waals surface area contributed by atoms with Gasteiger partial charge in [0.2, 0.25) is 21.8 Å². The number of hydroxylamine groups is 1. The lowest BCUT2D eigenvalue weighted by molar-refractivity contribution is -0.142. The maximum Gasteiger partial charge on any atom is 0.247 e. The summed E-state index contributed by atoms with van der Waals surface area (Å²) in [5.74, 6) is -2.79. The van der Waals surface area contributed by atoms with E-state index in [1.165, 1.54) is 0 Å². The summed E-state index contributed by atoms with van der Waals surface area (Å²) in [5.41, 5.74) is 5.26. The molecule has 0 aliphatic heterocycles. The second-order valence-corrected chi connectivity index (χ2v) is 11.1. The lowest BCUT2D eigenvalue weighted by Gasteiger charge is -2.34. The van der Waals surface area contributed by atoms with Crippen LogP contribution in [0.3, 0.4) is 0 Å². The summed E-state index contributed by atoms with van der Waals surface area (Å²) >= 11 is 0. The minimum Gasteiger partial charge on any atom is -0.289 e. The van der Waals surface area contributed by atoms with E-state index in [1.807, 2.05) is 50.3 Å². The van der Waals surface area contributed by atoms with Crippen LogP contribution < -0.4 is 10.9 Å². The molecule has 3 N–H and O–H groups in total. The van der Waals surface area contributed by atoms with Crippen molar-refractivity contribution < 1.29 is 23.2 Å². The van der Waals surface area contributed by atoms with Gasteiger partial charge in [-0.15, -0.1) is 4.41 Å². The molecule has 0 spiro atoms. The van der Waals surface area contributed by atoms with E-state index in [1.54, 1.807) is 11.6 Å². The smallest absolute Gasteiger partial charge is 0.247 e. The first kappa shape index (κ1) is 27.0. The van der Waals surface area contributed by atoms with Gasteiger partial charge < -0.3 is 0 Å². The predicted octanol–water partition coefficient (Wildman–Crippen LogP) is 3.50. The molecule has 1 aromatic rings. The summed E-state index contributed by atoms with van der Waals surface area (Å²) in [7, 11) is -3.69. The molecule has 9 heteroatoms. The minimum atomic E-state index is -3.69. The summed E-state index contributed by atoms with van der Waals surface area (Å²) in [6.45, 7) is 3.87. The number of amides is 2. The number of hydrogen-bond donors (Lipinski definition) is 3. The second-order valence-electron chi connectivity index (χ2n) is 9.19. The standard InChI is InChI=1S/C24H37N3O5S/c1-18(2)17-22(21(24(29)26-30)16-10-13-19-11-6-4-7-12-19)23(28)25-27(33(3,31)32)20-14-8-5-9-15-20/h4,6-7,10-13,18,20-22,30H,5,8-9,14-17H2,1-3H3,(H,25,28)(H,26,29)/b13-10+/t21-,22+/m0/s1. The van der Waals surface area contributed by atoms with Crippen LogP contribution in [-0.2, 0) is 19.6 Å². The van der Waals surface area contributed by atoms with Crippen LogP contribution in [0.15, 0.2) is 36.4 Å². The third-order valence-electron chi connectivity index (χ3n) is 5.98. The Labute approximate surface area is 197 Å². The molecule has 2 atom stereocenters. The number of rotatable bonds is 11. The fourth-order valence-corrected chi connectivity index (χ4v) is 5.37. The highest BCUT2D eigenvalue weighted by atomic mass is 32.2. The average Bonchev–Trinajstić information content (AvgIpc) is 2.78. The van der Waals surface area contributed by atoms with E-state index in [-0.39, 0.29) is 18.4 Å². The van der Waals surface area contributed by atoms with Gasteiger partial charge in [-0.1, -0.05) is 75.6 Å². The molecule has 0 heterocycles. The number of carbonyl (C=O) groups excluding carboxylic acids is 2. The van der Waals surface area contributed by atoms with Gasteiger partial charge in [0.1, 0.15) is 0 Å². The van der Waals surface area contributed by atoms with Gasteiger partial charge >= 0.3 is 0 Å². The van der Waals surface area contributed by atoms with Crippen LogP contribution in [0.4, 0.5) is 0 Å². The van der Waals surface area contributed by atoms with Crippen LogP contribution in [-0.4, -0.2) is 42.2 Å². The number of carbonyl (C=O) groups is 2. The fraction of sp³-hybridized carbons (Fsp3) is 0.583. The Bertz CT molecular complexity index is 896. The molecular weight excluding hydrogens is 442 g/mol. The van der Waals surface area contributed by atoms with Crippen molar-refractivity contribution in [2.45, 2.75) is 64.8 Å². The minimum absolute atomic E-state index is 0.0780. The van der Waals surface area contributed by atoms with Gasteiger partial charge in [-0.3, -0.25) is 20.2 Å². The molecular formula is C24H37N3O5S. The van der Waals surface area contributed by atoms with Gasteiger partial charge in [0.05, 0.1) is 18.1 Å². The first-order valence-corrected chi connectivity index (χ1v) is 13.4. The predicted molar refractivity (Wildman–Crippen MR) is 128 cm³/mol. The monoisotopic (exact) mass is 479 g/mol. The maximum absolute atomic E-state index is 13.4. The Morgan fingerprint density at radius 2 is 1.73 bits per heavy atom. The van der Waals surface area contributed by atoms with E-state index in [2.05, 4.69) is 5.43 Å². The molecule has 8 nitrogen and oxygen atoms in total. The Morgan fingerprint density at radius 1 is 1.09 bits per heavy atom. The van der Waals surface area contributed by atoms with Gasteiger partial charge in [-0.2, -0.15) is 0 Å². The summed E-state index contributed by atoms with van der Waals surface area (Å²) in [4.78, 5) is 25.9. The van der Waals surface area contributed by atoms with E-state index in [9.17, 15) is 23.2 Å². The molecule has 0 bridgehead atoms. The zero-order chi connectivity index (χ0) is 24.4. The maximum atomic E-state index is 13.4. The number of hydrogen-bond acceptors (Lipinski definition) is 5. The highest BCUT2D eigenvalue weighted by molar-refractivity contribution is 7.88. The Morgan fingerprint density at radius 3 is 2.27 bits per heavy atom. The molecule has 1 aromatic carbocycles. The zero-order valence-electron chi connectivity index (χ0n) is 19.7. The molecule has 0 saturated heterocycles. The van der Waals surface area contributed by atoms with Gasteiger partial charge in [0.15, 0.2) is 0 Å². The number of nitrogens with zero attached hydrogens (tertiary/aromatic N) is 1. The van der Waals surface area contributed by atoms with Crippen molar-refractivity contribution in [2.24, 2.45) is 17.8 Å². The number of nitrogens with one attached hydrogen (secondary N) is 2. The Kier molecular flexibility index (Phi) is 10.5. The van der Waals surface area contributed by atoms with Crippen LogP contribution in [0, 0.1) is 17.8 Å². The van der Waals surface area contributed by atoms with Crippen LogP contribution >= 0.6 is 0 Å². The Balaban J connectivity index is 2.26. The van der Waals surface area contributed by atoms with Crippen LogP contribution in [0.5, 0.6) is 0 Å². The SMILES string of the molecule is CC(C)C[C@@H](C(=O)NN(C1CCCCC1)S(C)(=O)=O)[C@H](C/C=C/c1ccccc1)C(=O)NO. The van der Waals surface area contributed by atoms with E-state index in [0.717, 1.165) is 35.5 Å². The van der Waals surface area contributed by atoms with Crippen LogP contribution in [0.1, 0.15) is 64.4 Å². The summed E-state index contributed by atoms with van der Waals surface area (Å²) in [5, 5.41) is 9.34. The number of allylic oxidation sites excluding steroid dienone is 1. The van der Waals surface area contributed by atoms with Crippen LogP contribution in [0.2, 0.25) is 0 Å². The number of hydrazine groups is 1. The van der Waals surface area contributed by atoms with Crippen molar-refractivity contribution in [3.63, 3.8) is 0 Å². The van der Waals surface area contributed by atoms with Crippen molar-refractivity contribution in [2.75, 3.05) is 6.26 Å². The van der Waals surface area contributed by atoms with Crippen molar-refractivity contribution >= 4 is 27.9 Å². The molecule has 2 rings (SSSR count). The quantitative estimate of drug-likeness (QED) is 0.332. The van der Waals surface area contributed by atoms with Crippen molar-refractivity contribution in [3.8, 4) is 0 Å². The second kappa shape index (κ2) is 12.9. The molecule has 0 unspecified atom stereocenters. The molecule has 1 aliphatic carbocycles. The molecule has 184 valence electrons. The molecule has 0 aromatic heterocycles. The molecule has 0 radical (unpaired) electrons. The topological polar surface area (TPSA) is 116 Å². The normalized spacial score (nSPS) is 17.3. The lowest BCUT2D eigenvalue weighted by atomic mass is 9.82. The van der Waals surface area contributed by atoms with Gasteiger partial charge in [-0.05, 0) is 37.2 Å². The van der Waals surface area contributed by atoms with Gasteiger partial charge in [-0.25, -0.2) is 13.9 Å². The van der Waals surface area contributed by atoms with E-state index in [0.29, 0.717) is 19.3 Å². The van der Waals surface area contributed by atoms with E-state index >= 15 is 0 Å². The molecule has 1 saturated carbocycles. The van der Waals surface area contributed by atoms with Crippen molar-refractivity contribution in [1.82, 2.24) is 15.3 Å². The molecule has 1 aliphatic rings. The zero-order valence-corrected chi connectivity index (χ0v) is 20.6. The van der Waals surface area contributed by atoms with Crippen molar-refractivity contribution in [1.29, 1.82) is 0 Å². The first-order chi connectivity index (χ1) is 15.6. The highest BCUT2D eigenvalue weighted by Crippen LogP contribution is 2.27. The molecule has 1 fully saturated rings. The van der Waals surface area contributed by atoms with E-state index in [4.69, 9.17) is 0 Å². The number of sulfonamides is 1. The summed E-state index contributed by atoms with van der Waals surface area (Å²) in [6.07, 6.45) is 9.54. The lowest BCUT2D eigenvalue weighted by Crippen LogP contribution is -2.55. The largest absolute Gasteiger partial charge is 0.289 e. The first-order valence-electron chi connectivity index (χ1n) is 11.6. The summed E-state index contributed by atoms with van der Waals surface area (Å²) < 4.78 is 26.0. The van der Waals surface area contributed by atoms with Gasteiger partial charge in [0.25, 0.3) is 0 Å². The van der Waals surface area contributed by atoms with Crippen LogP contribution in [0.25, 0.3) is 6.08 Å². The third-order valence-corrected chi connectivity index (χ3v) is 7.08. The number of benzene rings is 1. The Hall–Kier alpha value is -2.23. The fourth-order valence-electron chi connectivity index (χ4n) is 4.37. The van der Waals surface area contributed by atoms with E-state index < -0.39 is 33.7 Å².